The van der Waals surface area contributed by atoms with Gasteiger partial charge in [0.05, 0.1) is 19.7 Å². The Hall–Kier alpha value is -3.06. The lowest BCUT2D eigenvalue weighted by molar-refractivity contribution is -0.120. The second-order valence-corrected chi connectivity index (χ2v) is 5.36. The minimum Gasteiger partial charge on any atom is -0.494 e. The van der Waals surface area contributed by atoms with E-state index in [-0.39, 0.29) is 24.9 Å². The van der Waals surface area contributed by atoms with E-state index >= 15 is 0 Å². The van der Waals surface area contributed by atoms with E-state index in [0.29, 0.717) is 23.8 Å². The summed E-state index contributed by atoms with van der Waals surface area (Å²) in [6, 6.07) is 14.4. The smallest absolute Gasteiger partial charge is 0.238 e. The highest BCUT2D eigenvalue weighted by Crippen LogP contribution is 2.25. The van der Waals surface area contributed by atoms with Gasteiger partial charge in [0.25, 0.3) is 0 Å². The van der Waals surface area contributed by atoms with Gasteiger partial charge in [0.2, 0.25) is 11.8 Å². The topological polar surface area (TPSA) is 88.7 Å². The van der Waals surface area contributed by atoms with Crippen molar-refractivity contribution in [3.8, 4) is 17.2 Å². The normalized spacial score (nSPS) is 10.1. The molecule has 3 N–H and O–H groups in total. The fourth-order valence-corrected chi connectivity index (χ4v) is 2.10. The number of benzene rings is 2. The minimum absolute atomic E-state index is 0.0534. The Balaban J connectivity index is 1.81. The van der Waals surface area contributed by atoms with Gasteiger partial charge >= 0.3 is 0 Å². The molecule has 0 aliphatic heterocycles. The van der Waals surface area contributed by atoms with Gasteiger partial charge in [-0.1, -0.05) is 0 Å². The highest BCUT2D eigenvalue weighted by Gasteiger charge is 2.04. The molecule has 0 atom stereocenters. The molecule has 2 amide bonds. The summed E-state index contributed by atoms with van der Waals surface area (Å²) in [6.45, 7) is 2.70. The highest BCUT2D eigenvalue weighted by atomic mass is 16.5. The number of hydrogen-bond acceptors (Lipinski definition) is 5. The van der Waals surface area contributed by atoms with Crippen LogP contribution in [0.4, 0.5) is 5.69 Å². The van der Waals surface area contributed by atoms with Crippen LogP contribution < -0.4 is 25.4 Å². The molecule has 0 fully saturated rings. The van der Waals surface area contributed by atoms with E-state index in [9.17, 15) is 9.59 Å². The molecular weight excluding hydrogens is 334 g/mol. The Morgan fingerprint density at radius 2 is 1.38 bits per heavy atom. The second-order valence-electron chi connectivity index (χ2n) is 5.36. The van der Waals surface area contributed by atoms with Crippen molar-refractivity contribution in [2.45, 2.75) is 6.92 Å². The number of rotatable bonds is 9. The van der Waals surface area contributed by atoms with Crippen LogP contribution >= 0.6 is 0 Å². The number of hydrogen-bond donors (Lipinski definition) is 3. The largest absolute Gasteiger partial charge is 0.494 e. The van der Waals surface area contributed by atoms with Crippen molar-refractivity contribution < 1.29 is 19.1 Å². The number of nitrogens with one attached hydrogen (secondary N) is 3. The Morgan fingerprint density at radius 1 is 0.846 bits per heavy atom. The number of carbonyl (C=O) groups is 2. The fourth-order valence-electron chi connectivity index (χ4n) is 2.10. The lowest BCUT2D eigenvalue weighted by Gasteiger charge is -2.09. The molecule has 0 bridgehead atoms. The van der Waals surface area contributed by atoms with E-state index in [1.807, 2.05) is 31.2 Å². The third-order valence-corrected chi connectivity index (χ3v) is 3.36. The average molecular weight is 357 g/mol. The molecule has 0 saturated carbocycles. The van der Waals surface area contributed by atoms with Gasteiger partial charge in [0.1, 0.15) is 17.2 Å². The van der Waals surface area contributed by atoms with Gasteiger partial charge in [-0.25, -0.2) is 0 Å². The van der Waals surface area contributed by atoms with Crippen LogP contribution in [0.5, 0.6) is 17.2 Å². The average Bonchev–Trinajstić information content (AvgIpc) is 2.65. The summed E-state index contributed by atoms with van der Waals surface area (Å²) in [4.78, 5) is 22.9. The van der Waals surface area contributed by atoms with E-state index in [1.165, 1.54) is 0 Å². The molecule has 2 rings (SSSR count). The molecule has 2 aromatic rings. The number of ether oxygens (including phenoxy) is 2. The lowest BCUT2D eigenvalue weighted by Crippen LogP contribution is -2.36. The zero-order valence-corrected chi connectivity index (χ0v) is 14.9. The van der Waals surface area contributed by atoms with Crippen molar-refractivity contribution in [3.05, 3.63) is 48.5 Å². The molecule has 26 heavy (non-hydrogen) atoms. The van der Waals surface area contributed by atoms with E-state index in [4.69, 9.17) is 9.47 Å². The first-order chi connectivity index (χ1) is 12.6. The van der Waals surface area contributed by atoms with Gasteiger partial charge in [-0.05, 0) is 55.5 Å². The van der Waals surface area contributed by atoms with E-state index in [0.717, 1.165) is 5.75 Å². The zero-order chi connectivity index (χ0) is 18.8. The Morgan fingerprint density at radius 3 is 1.96 bits per heavy atom. The highest BCUT2D eigenvalue weighted by molar-refractivity contribution is 5.92. The van der Waals surface area contributed by atoms with Crippen LogP contribution in [-0.4, -0.2) is 38.6 Å². The van der Waals surface area contributed by atoms with Crippen molar-refractivity contribution >= 4 is 17.5 Å². The molecule has 0 radical (unpaired) electrons. The van der Waals surface area contributed by atoms with Gasteiger partial charge in [-0.2, -0.15) is 0 Å². The summed E-state index contributed by atoms with van der Waals surface area (Å²) in [5.74, 6) is 1.75. The van der Waals surface area contributed by atoms with Crippen LogP contribution in [0, 0.1) is 0 Å². The first-order valence-electron chi connectivity index (χ1n) is 8.32. The van der Waals surface area contributed by atoms with Crippen LogP contribution in [0.15, 0.2) is 48.5 Å². The number of likely N-dealkylation sites (N-methyl/N-ethyl adjacent to an activating group) is 1. The van der Waals surface area contributed by atoms with Crippen LogP contribution in [0.25, 0.3) is 0 Å². The third kappa shape index (κ3) is 6.45. The van der Waals surface area contributed by atoms with E-state index < -0.39 is 0 Å². The summed E-state index contributed by atoms with van der Waals surface area (Å²) >= 11 is 0. The predicted octanol–water partition coefficient (Wildman–Crippen LogP) is 2.15. The van der Waals surface area contributed by atoms with Gasteiger partial charge in [0.15, 0.2) is 0 Å². The van der Waals surface area contributed by atoms with Gasteiger partial charge in [0, 0.05) is 12.7 Å². The molecule has 0 aliphatic rings. The third-order valence-electron chi connectivity index (χ3n) is 3.36. The van der Waals surface area contributed by atoms with Crippen molar-refractivity contribution in [3.63, 3.8) is 0 Å². The molecule has 0 spiro atoms. The summed E-state index contributed by atoms with van der Waals surface area (Å²) in [5, 5.41) is 7.97. The molecule has 0 aliphatic carbocycles. The molecule has 2 aromatic carbocycles. The van der Waals surface area contributed by atoms with E-state index in [1.54, 1.807) is 31.3 Å². The Kier molecular flexibility index (Phi) is 7.45. The molecule has 0 unspecified atom stereocenters. The molecule has 138 valence electrons. The number of carbonyl (C=O) groups excluding carboxylic acids is 2. The maximum Gasteiger partial charge on any atom is 0.238 e. The van der Waals surface area contributed by atoms with E-state index in [2.05, 4.69) is 16.0 Å². The first kappa shape index (κ1) is 19.3. The molecule has 0 saturated heterocycles. The van der Waals surface area contributed by atoms with Gasteiger partial charge in [-0.15, -0.1) is 0 Å². The van der Waals surface area contributed by atoms with Crippen molar-refractivity contribution in [1.82, 2.24) is 10.6 Å². The second kappa shape index (κ2) is 10.0. The van der Waals surface area contributed by atoms with Crippen molar-refractivity contribution in [2.75, 3.05) is 32.1 Å². The first-order valence-corrected chi connectivity index (χ1v) is 8.32. The Bertz CT molecular complexity index is 715. The predicted molar refractivity (Wildman–Crippen MR) is 99.7 cm³/mol. The van der Waals surface area contributed by atoms with Crippen molar-refractivity contribution in [1.29, 1.82) is 0 Å². The van der Waals surface area contributed by atoms with Crippen LogP contribution in [0.2, 0.25) is 0 Å². The minimum atomic E-state index is -0.228. The molecule has 0 aromatic heterocycles. The van der Waals surface area contributed by atoms with Gasteiger partial charge in [-0.3, -0.25) is 14.9 Å². The number of anilines is 1. The quantitative estimate of drug-likeness (QED) is 0.640. The van der Waals surface area contributed by atoms with Crippen molar-refractivity contribution in [2.24, 2.45) is 0 Å². The lowest BCUT2D eigenvalue weighted by atomic mass is 10.3. The van der Waals surface area contributed by atoms with Crippen LogP contribution in [0.3, 0.4) is 0 Å². The molecule has 0 heterocycles. The maximum atomic E-state index is 11.8. The molecule has 7 nitrogen and oxygen atoms in total. The monoisotopic (exact) mass is 357 g/mol. The zero-order valence-electron chi connectivity index (χ0n) is 14.9. The summed E-state index contributed by atoms with van der Waals surface area (Å²) < 4.78 is 11.1. The summed E-state index contributed by atoms with van der Waals surface area (Å²) in [6.07, 6.45) is 0. The van der Waals surface area contributed by atoms with Gasteiger partial charge < -0.3 is 20.1 Å². The van der Waals surface area contributed by atoms with Crippen LogP contribution in [0.1, 0.15) is 6.92 Å². The number of amides is 2. The molecule has 7 heteroatoms. The standard InChI is InChI=1S/C19H23N3O4/c1-3-25-15-8-10-17(11-9-15)26-16-6-4-14(5-7-16)22-19(24)13-21-12-18(23)20-2/h4-11,21H,3,12-13H2,1-2H3,(H,20,23)(H,22,24). The fraction of sp³-hybridized carbons (Fsp3) is 0.263. The summed E-state index contributed by atoms with van der Waals surface area (Å²) in [7, 11) is 1.54. The summed E-state index contributed by atoms with van der Waals surface area (Å²) in [5.41, 5.74) is 0.649. The maximum absolute atomic E-state index is 11.8. The molecular formula is C19H23N3O4. The SMILES string of the molecule is CCOc1ccc(Oc2ccc(NC(=O)CNCC(=O)NC)cc2)cc1. The Labute approximate surface area is 152 Å². The van der Waals surface area contributed by atoms with Crippen LogP contribution in [-0.2, 0) is 9.59 Å².